The Bertz CT molecular complexity index is 543. The maximum absolute atomic E-state index is 11.4. The van der Waals surface area contributed by atoms with Crippen molar-refractivity contribution in [1.82, 2.24) is 9.55 Å². The van der Waals surface area contributed by atoms with Crippen LogP contribution < -0.4 is 5.14 Å². The zero-order valence-electron chi connectivity index (χ0n) is 12.4. The first-order chi connectivity index (χ1) is 9.38. The first kappa shape index (κ1) is 15.5. The summed E-state index contributed by atoms with van der Waals surface area (Å²) in [5, 5.41) is 5.17. The average Bonchev–Trinajstić information content (AvgIpc) is 2.82. The van der Waals surface area contributed by atoms with E-state index in [1.54, 1.807) is 6.20 Å². The molecule has 0 saturated heterocycles. The molecule has 1 aliphatic carbocycles. The highest BCUT2D eigenvalue weighted by molar-refractivity contribution is 7.89. The Balaban J connectivity index is 2.11. The number of rotatable bonds is 5. The molecule has 1 aromatic heterocycles. The van der Waals surface area contributed by atoms with E-state index in [9.17, 15) is 8.42 Å². The van der Waals surface area contributed by atoms with Crippen LogP contribution in [0.5, 0.6) is 0 Å². The fourth-order valence-corrected chi connectivity index (χ4v) is 3.47. The molecular formula is C14H25N3O2S. The molecule has 2 rings (SSSR count). The molecule has 0 amide bonds. The van der Waals surface area contributed by atoms with Gasteiger partial charge in [0, 0.05) is 18.7 Å². The third-order valence-electron chi connectivity index (χ3n) is 4.10. The molecule has 0 aliphatic heterocycles. The molecule has 0 unspecified atom stereocenters. The van der Waals surface area contributed by atoms with Crippen molar-refractivity contribution in [1.29, 1.82) is 0 Å². The van der Waals surface area contributed by atoms with Crippen LogP contribution in [0.3, 0.4) is 0 Å². The summed E-state index contributed by atoms with van der Waals surface area (Å²) in [6.45, 7) is 4.87. The maximum atomic E-state index is 11.4. The van der Waals surface area contributed by atoms with Crippen molar-refractivity contribution in [3.8, 4) is 0 Å². The average molecular weight is 299 g/mol. The highest BCUT2D eigenvalue weighted by atomic mass is 32.2. The summed E-state index contributed by atoms with van der Waals surface area (Å²) >= 11 is 0. The Morgan fingerprint density at radius 2 is 2.00 bits per heavy atom. The van der Waals surface area contributed by atoms with E-state index in [1.807, 2.05) is 18.4 Å². The minimum absolute atomic E-state index is 0.00940. The van der Waals surface area contributed by atoms with Gasteiger partial charge in [-0.3, -0.25) is 0 Å². The number of imidazole rings is 1. The van der Waals surface area contributed by atoms with Gasteiger partial charge in [0.2, 0.25) is 0 Å². The van der Waals surface area contributed by atoms with Crippen molar-refractivity contribution in [2.75, 3.05) is 0 Å². The van der Waals surface area contributed by atoms with Gasteiger partial charge in [-0.2, -0.15) is 0 Å². The van der Waals surface area contributed by atoms with E-state index >= 15 is 0 Å². The number of hydrogen-bond acceptors (Lipinski definition) is 3. The van der Waals surface area contributed by atoms with E-state index < -0.39 is 10.0 Å². The van der Waals surface area contributed by atoms with E-state index in [1.165, 1.54) is 32.1 Å². The van der Waals surface area contributed by atoms with Gasteiger partial charge >= 0.3 is 0 Å². The first-order valence-corrected chi connectivity index (χ1v) is 9.02. The topological polar surface area (TPSA) is 78.0 Å². The molecule has 0 radical (unpaired) electrons. The monoisotopic (exact) mass is 299 g/mol. The molecule has 5 nitrogen and oxygen atoms in total. The number of aromatic nitrogens is 2. The van der Waals surface area contributed by atoms with Crippen LogP contribution in [0.15, 0.2) is 11.2 Å². The largest absolute Gasteiger partial charge is 0.333 e. The smallest absolute Gasteiger partial charge is 0.257 e. The second-order valence-electron chi connectivity index (χ2n) is 6.12. The lowest BCUT2D eigenvalue weighted by Gasteiger charge is -2.22. The first-order valence-electron chi connectivity index (χ1n) is 7.48. The lowest BCUT2D eigenvalue weighted by molar-refractivity contribution is 0.322. The normalized spacial score (nSPS) is 17.8. The molecule has 20 heavy (non-hydrogen) atoms. The number of hydrogen-bond donors (Lipinski definition) is 1. The van der Waals surface area contributed by atoms with Gasteiger partial charge in [-0.15, -0.1) is 0 Å². The molecular weight excluding hydrogens is 274 g/mol. The summed E-state index contributed by atoms with van der Waals surface area (Å²) in [6, 6.07) is 0. The number of nitrogens with two attached hydrogens (primary N) is 1. The second-order valence-corrected chi connectivity index (χ2v) is 7.63. The van der Waals surface area contributed by atoms with Crippen LogP contribution in [0.1, 0.15) is 64.1 Å². The van der Waals surface area contributed by atoms with Gasteiger partial charge in [0.1, 0.15) is 5.82 Å². The molecule has 1 aromatic rings. The van der Waals surface area contributed by atoms with E-state index in [0.717, 1.165) is 24.7 Å². The van der Waals surface area contributed by atoms with Crippen molar-refractivity contribution in [3.63, 3.8) is 0 Å². The van der Waals surface area contributed by atoms with Gasteiger partial charge in [0.25, 0.3) is 10.0 Å². The van der Waals surface area contributed by atoms with Crippen LogP contribution in [0, 0.1) is 5.92 Å². The van der Waals surface area contributed by atoms with Gasteiger partial charge in [0.05, 0.1) is 0 Å². The zero-order chi connectivity index (χ0) is 14.8. The number of nitrogens with zero attached hydrogens (tertiary/aromatic N) is 2. The quantitative estimate of drug-likeness (QED) is 0.907. The van der Waals surface area contributed by atoms with E-state index in [2.05, 4.69) is 4.98 Å². The lowest BCUT2D eigenvalue weighted by atomic mass is 9.87. The van der Waals surface area contributed by atoms with Crippen LogP contribution in [0.25, 0.3) is 0 Å². The van der Waals surface area contributed by atoms with Crippen LogP contribution in [-0.2, 0) is 16.6 Å². The van der Waals surface area contributed by atoms with Gasteiger partial charge in [-0.1, -0.05) is 46.0 Å². The molecule has 0 bridgehead atoms. The fraction of sp³-hybridized carbons (Fsp3) is 0.786. The van der Waals surface area contributed by atoms with Crippen LogP contribution in [-0.4, -0.2) is 18.0 Å². The van der Waals surface area contributed by atoms with Crippen molar-refractivity contribution >= 4 is 10.0 Å². The highest BCUT2D eigenvalue weighted by Gasteiger charge is 2.19. The molecule has 6 heteroatoms. The molecule has 0 atom stereocenters. The molecule has 1 aliphatic rings. The van der Waals surface area contributed by atoms with Gasteiger partial charge in [-0.05, 0) is 12.3 Å². The molecule has 1 fully saturated rings. The SMILES string of the molecule is CC(C)c1nc(S(N)(=O)=O)cn1CCC1CCCCC1. The summed E-state index contributed by atoms with van der Waals surface area (Å²) in [5.74, 6) is 1.77. The summed E-state index contributed by atoms with van der Waals surface area (Å²) in [6.07, 6.45) is 9.30. The summed E-state index contributed by atoms with van der Waals surface area (Å²) in [7, 11) is -3.71. The predicted molar refractivity (Wildman–Crippen MR) is 78.9 cm³/mol. The van der Waals surface area contributed by atoms with E-state index in [0.29, 0.717) is 0 Å². The Morgan fingerprint density at radius 1 is 1.35 bits per heavy atom. The molecule has 0 aromatic carbocycles. The highest BCUT2D eigenvalue weighted by Crippen LogP contribution is 2.27. The second kappa shape index (κ2) is 6.26. The Labute approximate surface area is 121 Å². The molecule has 114 valence electrons. The van der Waals surface area contributed by atoms with Crippen molar-refractivity contribution in [3.05, 3.63) is 12.0 Å². The minimum atomic E-state index is -3.71. The maximum Gasteiger partial charge on any atom is 0.257 e. The Hall–Kier alpha value is -0.880. The lowest BCUT2D eigenvalue weighted by Crippen LogP contribution is -2.12. The van der Waals surface area contributed by atoms with E-state index in [-0.39, 0.29) is 10.9 Å². The third-order valence-corrected chi connectivity index (χ3v) is 4.88. The van der Waals surface area contributed by atoms with Crippen LogP contribution in [0.2, 0.25) is 0 Å². The third kappa shape index (κ3) is 3.82. The summed E-state index contributed by atoms with van der Waals surface area (Å²) in [5.41, 5.74) is 0. The zero-order valence-corrected chi connectivity index (χ0v) is 13.2. The van der Waals surface area contributed by atoms with Gasteiger partial charge in [0.15, 0.2) is 5.03 Å². The molecule has 1 saturated carbocycles. The molecule has 2 N–H and O–H groups in total. The van der Waals surface area contributed by atoms with E-state index in [4.69, 9.17) is 5.14 Å². The Morgan fingerprint density at radius 3 is 2.55 bits per heavy atom. The summed E-state index contributed by atoms with van der Waals surface area (Å²) in [4.78, 5) is 4.19. The standard InChI is InChI=1S/C14H25N3O2S/c1-11(2)14-16-13(20(15,18)19)10-17(14)9-8-12-6-4-3-5-7-12/h10-12H,3-9H2,1-2H3,(H2,15,18,19). The predicted octanol–water partition coefficient (Wildman–Crippen LogP) is 2.62. The molecule has 0 spiro atoms. The van der Waals surface area contributed by atoms with Crippen molar-refractivity contribution < 1.29 is 8.42 Å². The van der Waals surface area contributed by atoms with Gasteiger partial charge < -0.3 is 4.57 Å². The van der Waals surface area contributed by atoms with Crippen molar-refractivity contribution in [2.45, 2.75) is 69.9 Å². The minimum Gasteiger partial charge on any atom is -0.333 e. The van der Waals surface area contributed by atoms with Crippen molar-refractivity contribution in [2.24, 2.45) is 11.1 Å². The van der Waals surface area contributed by atoms with Crippen LogP contribution in [0.4, 0.5) is 0 Å². The Kier molecular flexibility index (Phi) is 4.86. The number of primary sulfonamides is 1. The summed E-state index contributed by atoms with van der Waals surface area (Å²) < 4.78 is 24.8. The fourth-order valence-electron chi connectivity index (χ4n) is 2.98. The number of aryl methyl sites for hydroxylation is 1. The van der Waals surface area contributed by atoms with Crippen LogP contribution >= 0.6 is 0 Å². The number of sulfonamides is 1. The molecule has 1 heterocycles. The van der Waals surface area contributed by atoms with Gasteiger partial charge in [-0.25, -0.2) is 18.5 Å².